The SMILES string of the molecule is CC/C=C\C/C=C\C/C=C\C/C=C\C/C=C\C/C=C\C/C=C\C/C=C\CCCCCCC(=O)OC(COC(=O)CCCCCCCCCCCCCCCCCCCCCCCCCC)COC(OCC[N+](C)(C)C)C(=O)O. The quantitative estimate of drug-likeness (QED) is 0.0211. The maximum absolute atomic E-state index is 12.9. The first-order valence-corrected chi connectivity index (χ1v) is 31.9. The number of hydrogen-bond acceptors (Lipinski definition) is 7. The van der Waals surface area contributed by atoms with Crippen LogP contribution in [-0.4, -0.2) is 87.4 Å². The van der Waals surface area contributed by atoms with Crippen molar-refractivity contribution >= 4 is 17.9 Å². The number of allylic oxidation sites excluding steroid dienone is 16. The highest BCUT2D eigenvalue weighted by Crippen LogP contribution is 2.17. The van der Waals surface area contributed by atoms with E-state index in [9.17, 15) is 19.5 Å². The molecular formula is C69H120NO8+. The number of carboxylic acid groups (broad SMARTS) is 1. The highest BCUT2D eigenvalue weighted by molar-refractivity contribution is 5.71. The number of hydrogen-bond donors (Lipinski definition) is 1. The molecule has 0 saturated carbocycles. The molecule has 0 amide bonds. The average Bonchev–Trinajstić information content (AvgIpc) is 3.41. The summed E-state index contributed by atoms with van der Waals surface area (Å²) in [4.78, 5) is 37.5. The average molecular weight is 1090 g/mol. The standard InChI is InChI=1S/C69H119NO8/c1-6-8-10-12-14-16-18-20-22-24-26-28-30-32-33-34-35-36-38-40-42-44-46-48-50-52-54-56-58-60-67(72)78-65(64-77-69(68(73)74)75-62-61-70(3,4)5)63-76-66(71)59-57-55-53-51-49-47-45-43-41-39-37-31-29-27-25-23-21-19-17-15-13-11-9-7-2/h8,10,14,16,20,22,26,28,32-33,35-36,40,42,46,48,65,69H,6-7,9,11-13,15,17-19,21,23-25,27,29-31,34,37-39,41,43-45,47,49-64H2,1-5H3/p+1/b10-8-,16-14-,22-20-,28-26-,33-32-,36-35-,42-40-,48-46-. The zero-order valence-electron chi connectivity index (χ0n) is 51.1. The lowest BCUT2D eigenvalue weighted by molar-refractivity contribution is -0.870. The van der Waals surface area contributed by atoms with Gasteiger partial charge in [0.05, 0.1) is 34.4 Å². The van der Waals surface area contributed by atoms with Crippen molar-refractivity contribution in [2.24, 2.45) is 0 Å². The predicted octanol–water partition coefficient (Wildman–Crippen LogP) is 19.3. The van der Waals surface area contributed by atoms with Crippen LogP contribution in [-0.2, 0) is 33.3 Å². The summed E-state index contributed by atoms with van der Waals surface area (Å²) in [5, 5.41) is 9.72. The largest absolute Gasteiger partial charge is 0.477 e. The Morgan fingerprint density at radius 3 is 1.09 bits per heavy atom. The predicted molar refractivity (Wildman–Crippen MR) is 332 cm³/mol. The number of ether oxygens (including phenoxy) is 4. The summed E-state index contributed by atoms with van der Waals surface area (Å²) in [6.45, 7) is 4.75. The van der Waals surface area contributed by atoms with Crippen LogP contribution in [0.15, 0.2) is 97.2 Å². The van der Waals surface area contributed by atoms with Gasteiger partial charge >= 0.3 is 17.9 Å². The second-order valence-electron chi connectivity index (χ2n) is 22.3. The van der Waals surface area contributed by atoms with Crippen molar-refractivity contribution in [3.05, 3.63) is 97.2 Å². The van der Waals surface area contributed by atoms with Gasteiger partial charge < -0.3 is 28.5 Å². The van der Waals surface area contributed by atoms with E-state index in [4.69, 9.17) is 18.9 Å². The minimum Gasteiger partial charge on any atom is -0.477 e. The zero-order chi connectivity index (χ0) is 56.9. The van der Waals surface area contributed by atoms with Crippen molar-refractivity contribution < 1.29 is 42.9 Å². The van der Waals surface area contributed by atoms with Crippen molar-refractivity contribution in [2.75, 3.05) is 47.5 Å². The summed E-state index contributed by atoms with van der Waals surface area (Å²) in [5.74, 6) is -2.04. The summed E-state index contributed by atoms with van der Waals surface area (Å²) in [6.07, 6.45) is 77.8. The molecule has 0 heterocycles. The second kappa shape index (κ2) is 59.3. The summed E-state index contributed by atoms with van der Waals surface area (Å²) in [5.41, 5.74) is 0. The number of unbranched alkanes of at least 4 members (excludes halogenated alkanes) is 27. The number of carboxylic acids is 1. The fourth-order valence-corrected chi connectivity index (χ4v) is 8.74. The van der Waals surface area contributed by atoms with Gasteiger partial charge in [-0.05, 0) is 77.0 Å². The molecule has 0 saturated heterocycles. The lowest BCUT2D eigenvalue weighted by Gasteiger charge is -2.25. The molecule has 2 unspecified atom stereocenters. The molecule has 0 spiro atoms. The second-order valence-corrected chi connectivity index (χ2v) is 22.3. The normalized spacial score (nSPS) is 13.4. The molecule has 9 nitrogen and oxygen atoms in total. The van der Waals surface area contributed by atoms with Gasteiger partial charge in [-0.3, -0.25) is 9.59 Å². The molecule has 0 bridgehead atoms. The van der Waals surface area contributed by atoms with E-state index in [0.29, 0.717) is 23.9 Å². The number of carbonyl (C=O) groups excluding carboxylic acids is 2. The van der Waals surface area contributed by atoms with Crippen LogP contribution in [0.5, 0.6) is 0 Å². The van der Waals surface area contributed by atoms with E-state index < -0.39 is 24.3 Å². The third-order valence-electron chi connectivity index (χ3n) is 13.6. The Labute approximate surface area is 480 Å². The van der Waals surface area contributed by atoms with Crippen LogP contribution < -0.4 is 0 Å². The van der Waals surface area contributed by atoms with Gasteiger partial charge in [0.25, 0.3) is 6.29 Å². The van der Waals surface area contributed by atoms with Crippen LogP contribution in [0.2, 0.25) is 0 Å². The number of nitrogens with zero attached hydrogens (tertiary/aromatic N) is 1. The Balaban J connectivity index is 4.27. The van der Waals surface area contributed by atoms with Crippen LogP contribution in [0, 0.1) is 0 Å². The zero-order valence-corrected chi connectivity index (χ0v) is 51.1. The lowest BCUT2D eigenvalue weighted by atomic mass is 10.0. The van der Waals surface area contributed by atoms with Crippen molar-refractivity contribution in [3.63, 3.8) is 0 Å². The van der Waals surface area contributed by atoms with Gasteiger partial charge in [-0.25, -0.2) is 4.79 Å². The minimum absolute atomic E-state index is 0.179. The van der Waals surface area contributed by atoms with Crippen LogP contribution in [0.25, 0.3) is 0 Å². The third kappa shape index (κ3) is 59.9. The molecule has 0 aliphatic heterocycles. The van der Waals surface area contributed by atoms with E-state index >= 15 is 0 Å². The van der Waals surface area contributed by atoms with Crippen molar-refractivity contribution in [1.29, 1.82) is 0 Å². The fourth-order valence-electron chi connectivity index (χ4n) is 8.74. The number of carbonyl (C=O) groups is 3. The van der Waals surface area contributed by atoms with Gasteiger partial charge in [-0.15, -0.1) is 0 Å². The molecule has 0 aromatic carbocycles. The first kappa shape index (κ1) is 74.2. The van der Waals surface area contributed by atoms with Crippen molar-refractivity contribution in [3.8, 4) is 0 Å². The van der Waals surface area contributed by atoms with E-state index in [0.717, 1.165) is 96.3 Å². The Kier molecular flexibility index (Phi) is 56.5. The van der Waals surface area contributed by atoms with E-state index in [1.54, 1.807) is 0 Å². The van der Waals surface area contributed by atoms with E-state index in [2.05, 4.69) is 111 Å². The summed E-state index contributed by atoms with van der Waals surface area (Å²) in [7, 11) is 5.96. The first-order valence-electron chi connectivity index (χ1n) is 31.9. The summed E-state index contributed by atoms with van der Waals surface area (Å²) in [6, 6.07) is 0. The minimum atomic E-state index is -1.52. The monoisotopic (exact) mass is 1090 g/mol. The highest BCUT2D eigenvalue weighted by Gasteiger charge is 2.25. The molecule has 0 aliphatic rings. The smallest absolute Gasteiger partial charge is 0.361 e. The van der Waals surface area contributed by atoms with Crippen molar-refractivity contribution in [2.45, 2.75) is 277 Å². The van der Waals surface area contributed by atoms with Gasteiger partial charge in [0.1, 0.15) is 13.2 Å². The van der Waals surface area contributed by atoms with E-state index in [1.807, 2.05) is 21.1 Å². The number of likely N-dealkylation sites (N-methyl/N-ethyl adjacent to an activating group) is 1. The molecule has 0 aliphatic carbocycles. The molecule has 0 aromatic heterocycles. The maximum atomic E-state index is 12.9. The number of rotatable bonds is 58. The van der Waals surface area contributed by atoms with E-state index in [1.165, 1.54) is 135 Å². The Morgan fingerprint density at radius 2 is 0.731 bits per heavy atom. The van der Waals surface area contributed by atoms with Crippen LogP contribution in [0.3, 0.4) is 0 Å². The Morgan fingerprint density at radius 1 is 0.397 bits per heavy atom. The van der Waals surface area contributed by atoms with Gasteiger partial charge in [0.2, 0.25) is 0 Å². The van der Waals surface area contributed by atoms with E-state index in [-0.39, 0.29) is 32.2 Å². The first-order chi connectivity index (χ1) is 38.1. The third-order valence-corrected chi connectivity index (χ3v) is 13.6. The van der Waals surface area contributed by atoms with Gasteiger partial charge in [-0.1, -0.05) is 272 Å². The number of quaternary nitrogens is 1. The molecule has 448 valence electrons. The lowest BCUT2D eigenvalue weighted by Crippen LogP contribution is -2.40. The van der Waals surface area contributed by atoms with Gasteiger partial charge in [0.15, 0.2) is 6.10 Å². The molecule has 1 N–H and O–H groups in total. The molecule has 0 fully saturated rings. The van der Waals surface area contributed by atoms with Crippen LogP contribution in [0.4, 0.5) is 0 Å². The Hall–Kier alpha value is -3.79. The molecule has 0 aromatic rings. The molecular weight excluding hydrogens is 971 g/mol. The van der Waals surface area contributed by atoms with Crippen LogP contribution in [0.1, 0.15) is 264 Å². The molecule has 0 rings (SSSR count). The number of esters is 2. The topological polar surface area (TPSA) is 108 Å². The fraction of sp³-hybridized carbons (Fsp3) is 0.725. The number of aliphatic carboxylic acids is 1. The van der Waals surface area contributed by atoms with Crippen LogP contribution >= 0.6 is 0 Å². The summed E-state index contributed by atoms with van der Waals surface area (Å²) >= 11 is 0. The van der Waals surface area contributed by atoms with Gasteiger partial charge in [0, 0.05) is 12.8 Å². The van der Waals surface area contributed by atoms with Gasteiger partial charge in [-0.2, -0.15) is 0 Å². The Bertz CT molecular complexity index is 1600. The molecule has 9 heteroatoms. The highest BCUT2D eigenvalue weighted by atomic mass is 16.7. The molecule has 2 atom stereocenters. The summed E-state index contributed by atoms with van der Waals surface area (Å²) < 4.78 is 22.9. The van der Waals surface area contributed by atoms with Crippen molar-refractivity contribution in [1.82, 2.24) is 0 Å². The maximum Gasteiger partial charge on any atom is 0.361 e. The molecule has 0 radical (unpaired) electrons. The molecule has 78 heavy (non-hydrogen) atoms.